The topological polar surface area (TPSA) is 75.1 Å². The number of nitrogens with zero attached hydrogens (tertiary/aromatic N) is 1. The van der Waals surface area contributed by atoms with Gasteiger partial charge >= 0.3 is 5.97 Å². The van der Waals surface area contributed by atoms with Gasteiger partial charge in [0, 0.05) is 11.2 Å². The highest BCUT2D eigenvalue weighted by Crippen LogP contribution is 2.13. The van der Waals surface area contributed by atoms with Crippen molar-refractivity contribution >= 4 is 17.6 Å². The summed E-state index contributed by atoms with van der Waals surface area (Å²) in [5, 5.41) is 11.6. The molecule has 0 saturated heterocycles. The van der Waals surface area contributed by atoms with Gasteiger partial charge in [-0.1, -0.05) is 17.7 Å². The van der Waals surface area contributed by atoms with Gasteiger partial charge in [0.25, 0.3) is 5.56 Å². The number of aromatic carboxylic acids is 1. The van der Waals surface area contributed by atoms with E-state index in [9.17, 15) is 9.59 Å². The van der Waals surface area contributed by atoms with E-state index in [1.54, 1.807) is 24.3 Å². The summed E-state index contributed by atoms with van der Waals surface area (Å²) >= 11 is 5.78. The van der Waals surface area contributed by atoms with Crippen molar-refractivity contribution in [1.82, 2.24) is 9.78 Å². The molecule has 2 rings (SSSR count). The molecule has 0 aliphatic rings. The third-order valence-corrected chi connectivity index (χ3v) is 2.28. The van der Waals surface area contributed by atoms with Gasteiger partial charge in [0.05, 0.1) is 5.69 Å². The zero-order chi connectivity index (χ0) is 11.7. The molecule has 0 fully saturated rings. The lowest BCUT2D eigenvalue weighted by molar-refractivity contribution is 0.0695. The highest BCUT2D eigenvalue weighted by Gasteiger charge is 2.12. The van der Waals surface area contributed by atoms with Crippen LogP contribution in [0.25, 0.3) is 5.69 Å². The molecule has 0 aliphatic carbocycles. The van der Waals surface area contributed by atoms with Crippen LogP contribution in [0.2, 0.25) is 5.02 Å². The van der Waals surface area contributed by atoms with Gasteiger partial charge < -0.3 is 5.11 Å². The van der Waals surface area contributed by atoms with Crippen LogP contribution in [-0.2, 0) is 0 Å². The van der Waals surface area contributed by atoms with Gasteiger partial charge in [-0.3, -0.25) is 14.6 Å². The van der Waals surface area contributed by atoms with Crippen LogP contribution in [0.4, 0.5) is 0 Å². The Balaban J connectivity index is 2.54. The average Bonchev–Trinajstić information content (AvgIpc) is 2.60. The number of hydrogen-bond acceptors (Lipinski definition) is 2. The van der Waals surface area contributed by atoms with E-state index < -0.39 is 11.5 Å². The molecule has 1 aromatic heterocycles. The first-order valence-corrected chi connectivity index (χ1v) is 4.76. The molecule has 0 radical (unpaired) electrons. The molecule has 5 nitrogen and oxygen atoms in total. The molecule has 0 amide bonds. The van der Waals surface area contributed by atoms with Crippen molar-refractivity contribution in [1.29, 1.82) is 0 Å². The fourth-order valence-corrected chi connectivity index (χ4v) is 1.49. The highest BCUT2D eigenvalue weighted by atomic mass is 35.5. The summed E-state index contributed by atoms with van der Waals surface area (Å²) in [6.45, 7) is 0. The molecule has 6 heteroatoms. The molecule has 2 aromatic rings. The summed E-state index contributed by atoms with van der Waals surface area (Å²) in [7, 11) is 0. The van der Waals surface area contributed by atoms with Crippen LogP contribution in [0.5, 0.6) is 0 Å². The zero-order valence-electron chi connectivity index (χ0n) is 7.98. The smallest absolute Gasteiger partial charge is 0.342 e. The number of rotatable bonds is 2. The van der Waals surface area contributed by atoms with Crippen LogP contribution in [-0.4, -0.2) is 20.9 Å². The zero-order valence-corrected chi connectivity index (χ0v) is 8.73. The Morgan fingerprint density at radius 2 is 2.19 bits per heavy atom. The third-order valence-electron chi connectivity index (χ3n) is 2.04. The van der Waals surface area contributed by atoms with E-state index in [0.29, 0.717) is 10.7 Å². The Hall–Kier alpha value is -2.01. The molecule has 82 valence electrons. The summed E-state index contributed by atoms with van der Waals surface area (Å²) in [6.07, 6.45) is 1.22. The number of hydrogen-bond donors (Lipinski definition) is 2. The van der Waals surface area contributed by atoms with Gasteiger partial charge in [0.2, 0.25) is 0 Å². The summed E-state index contributed by atoms with van der Waals surface area (Å²) in [6, 6.07) is 6.71. The molecule has 0 saturated carbocycles. The Bertz CT molecular complexity index is 600. The number of carbonyl (C=O) groups is 1. The van der Waals surface area contributed by atoms with Gasteiger partial charge in [-0.25, -0.2) is 4.79 Å². The predicted octanol–water partition coefficient (Wildman–Crippen LogP) is 1.52. The number of halogens is 1. The van der Waals surface area contributed by atoms with E-state index in [-0.39, 0.29) is 5.56 Å². The summed E-state index contributed by atoms with van der Waals surface area (Å²) < 4.78 is 1.32. The van der Waals surface area contributed by atoms with Crippen LogP contribution >= 0.6 is 11.6 Å². The lowest BCUT2D eigenvalue weighted by Crippen LogP contribution is -2.11. The lowest BCUT2D eigenvalue weighted by atomic mass is 10.3. The first-order valence-electron chi connectivity index (χ1n) is 4.39. The number of nitrogens with one attached hydrogen (secondary N) is 1. The molecule has 1 heterocycles. The Morgan fingerprint density at radius 3 is 2.75 bits per heavy atom. The van der Waals surface area contributed by atoms with E-state index >= 15 is 0 Å². The maximum Gasteiger partial charge on any atom is 0.342 e. The van der Waals surface area contributed by atoms with E-state index in [2.05, 4.69) is 5.10 Å². The normalized spacial score (nSPS) is 10.3. The van der Waals surface area contributed by atoms with E-state index in [1.165, 1.54) is 10.9 Å². The first-order chi connectivity index (χ1) is 7.58. The van der Waals surface area contributed by atoms with Gasteiger partial charge in [0.15, 0.2) is 0 Å². The first kappa shape index (κ1) is 10.5. The summed E-state index contributed by atoms with van der Waals surface area (Å²) in [4.78, 5) is 21.9. The SMILES string of the molecule is O=C(O)c1cn(-c2cccc(Cl)c2)[nH]c1=O. The number of H-pyrrole nitrogens is 1. The molecule has 0 atom stereocenters. The van der Waals surface area contributed by atoms with E-state index in [1.807, 2.05) is 0 Å². The van der Waals surface area contributed by atoms with Crippen molar-refractivity contribution in [2.45, 2.75) is 0 Å². The second kappa shape index (κ2) is 3.86. The lowest BCUT2D eigenvalue weighted by Gasteiger charge is -2.01. The second-order valence-corrected chi connectivity index (χ2v) is 3.58. The molecule has 0 spiro atoms. The molecule has 0 aliphatic heterocycles. The minimum atomic E-state index is -1.26. The van der Waals surface area contributed by atoms with Crippen molar-refractivity contribution in [2.75, 3.05) is 0 Å². The largest absolute Gasteiger partial charge is 0.477 e. The molecule has 1 aromatic carbocycles. The van der Waals surface area contributed by atoms with Crippen molar-refractivity contribution < 1.29 is 9.90 Å². The summed E-state index contributed by atoms with van der Waals surface area (Å²) in [5.74, 6) is -1.26. The molecular weight excluding hydrogens is 232 g/mol. The van der Waals surface area contributed by atoms with Crippen molar-refractivity contribution in [3.63, 3.8) is 0 Å². The average molecular weight is 239 g/mol. The Labute approximate surface area is 94.9 Å². The van der Waals surface area contributed by atoms with Gasteiger partial charge in [-0.05, 0) is 18.2 Å². The fourth-order valence-electron chi connectivity index (χ4n) is 1.31. The predicted molar refractivity (Wildman–Crippen MR) is 58.4 cm³/mol. The van der Waals surface area contributed by atoms with Crippen molar-refractivity contribution in [3.8, 4) is 5.69 Å². The molecular formula is C10H7ClN2O3. The van der Waals surface area contributed by atoms with Crippen LogP contribution in [0.1, 0.15) is 10.4 Å². The molecule has 0 unspecified atom stereocenters. The molecule has 0 bridgehead atoms. The van der Waals surface area contributed by atoms with Gasteiger partial charge in [0.1, 0.15) is 5.56 Å². The van der Waals surface area contributed by atoms with Crippen molar-refractivity contribution in [2.24, 2.45) is 0 Å². The quantitative estimate of drug-likeness (QED) is 0.833. The maximum atomic E-state index is 11.2. The summed E-state index contributed by atoms with van der Waals surface area (Å²) in [5.41, 5.74) is -0.357. The monoisotopic (exact) mass is 238 g/mol. The highest BCUT2D eigenvalue weighted by molar-refractivity contribution is 6.30. The molecule has 16 heavy (non-hydrogen) atoms. The Morgan fingerprint density at radius 1 is 1.44 bits per heavy atom. The van der Waals surface area contributed by atoms with Crippen molar-refractivity contribution in [3.05, 3.63) is 51.4 Å². The van der Waals surface area contributed by atoms with Crippen LogP contribution in [0, 0.1) is 0 Å². The van der Waals surface area contributed by atoms with Crippen LogP contribution in [0.15, 0.2) is 35.3 Å². The number of aromatic nitrogens is 2. The molecule has 2 N–H and O–H groups in total. The number of carboxylic acids is 1. The maximum absolute atomic E-state index is 11.2. The van der Waals surface area contributed by atoms with Gasteiger partial charge in [-0.2, -0.15) is 0 Å². The number of aromatic amines is 1. The minimum absolute atomic E-state index is 0.306. The number of benzene rings is 1. The standard InChI is InChI=1S/C10H7ClN2O3/c11-6-2-1-3-7(4-6)13-5-8(10(15)16)9(14)12-13/h1-5H,(H,12,14)(H,15,16). The fraction of sp³-hybridized carbons (Fsp3) is 0. The second-order valence-electron chi connectivity index (χ2n) is 3.14. The minimum Gasteiger partial charge on any atom is -0.477 e. The van der Waals surface area contributed by atoms with E-state index in [0.717, 1.165) is 0 Å². The number of carboxylic acid groups (broad SMARTS) is 1. The van der Waals surface area contributed by atoms with Crippen LogP contribution < -0.4 is 5.56 Å². The van der Waals surface area contributed by atoms with Gasteiger partial charge in [-0.15, -0.1) is 0 Å². The van der Waals surface area contributed by atoms with Crippen LogP contribution in [0.3, 0.4) is 0 Å². The third kappa shape index (κ3) is 1.85. The Kier molecular flexibility index (Phi) is 2.54. The van der Waals surface area contributed by atoms with E-state index in [4.69, 9.17) is 16.7 Å².